The summed E-state index contributed by atoms with van der Waals surface area (Å²) in [6.45, 7) is 0.124. The highest BCUT2D eigenvalue weighted by Gasteiger charge is 2.23. The maximum absolute atomic E-state index is 12.6. The van der Waals surface area contributed by atoms with Crippen molar-refractivity contribution < 1.29 is 22.7 Å². The zero-order valence-electron chi connectivity index (χ0n) is 14.7. The van der Waals surface area contributed by atoms with Crippen LogP contribution in [0.5, 0.6) is 11.5 Å². The molecule has 3 aromatic rings. The van der Waals surface area contributed by atoms with Gasteiger partial charge in [0, 0.05) is 6.26 Å². The monoisotopic (exact) mass is 382 g/mol. The number of ether oxygens (including phenoxy) is 2. The van der Waals surface area contributed by atoms with E-state index >= 15 is 0 Å². The first kappa shape index (κ1) is 18.7. The fraction of sp³-hybridized carbons (Fsp3) is 0.0952. The van der Waals surface area contributed by atoms with Crippen LogP contribution < -0.4 is 9.47 Å². The molecule has 27 heavy (non-hydrogen) atoms. The highest BCUT2D eigenvalue weighted by atomic mass is 32.2. The van der Waals surface area contributed by atoms with Gasteiger partial charge < -0.3 is 9.47 Å². The second kappa shape index (κ2) is 8.05. The summed E-state index contributed by atoms with van der Waals surface area (Å²) in [4.78, 5) is 12.6. The minimum absolute atomic E-state index is 0.00946. The molecule has 0 saturated heterocycles. The Morgan fingerprint density at radius 2 is 1.48 bits per heavy atom. The minimum Gasteiger partial charge on any atom is -0.487 e. The van der Waals surface area contributed by atoms with Crippen molar-refractivity contribution in [3.05, 3.63) is 90.0 Å². The maximum Gasteiger partial charge on any atom is 0.347 e. The van der Waals surface area contributed by atoms with Gasteiger partial charge in [0.1, 0.15) is 22.8 Å². The lowest BCUT2D eigenvalue weighted by Crippen LogP contribution is -2.13. The lowest BCUT2D eigenvalue weighted by Gasteiger charge is -2.14. The molecule has 0 atom stereocenters. The molecule has 6 heteroatoms. The molecule has 0 radical (unpaired) electrons. The van der Waals surface area contributed by atoms with Crippen LogP contribution in [-0.4, -0.2) is 20.6 Å². The third-order valence-electron chi connectivity index (χ3n) is 3.78. The number of hydrogen-bond acceptors (Lipinski definition) is 5. The first-order chi connectivity index (χ1) is 12.9. The number of carbonyl (C=O) groups excluding carboxylic acids is 1. The Hall–Kier alpha value is -3.12. The van der Waals surface area contributed by atoms with Crippen molar-refractivity contribution in [1.29, 1.82) is 0 Å². The highest BCUT2D eigenvalue weighted by Crippen LogP contribution is 2.30. The van der Waals surface area contributed by atoms with E-state index in [9.17, 15) is 13.2 Å². The summed E-state index contributed by atoms with van der Waals surface area (Å²) in [5.74, 6) is -0.333. The number of carbonyl (C=O) groups is 1. The van der Waals surface area contributed by atoms with Gasteiger partial charge in [-0.2, -0.15) is 0 Å². The maximum atomic E-state index is 12.6. The van der Waals surface area contributed by atoms with Gasteiger partial charge in [-0.15, -0.1) is 0 Å². The lowest BCUT2D eigenvalue weighted by atomic mass is 10.2. The van der Waals surface area contributed by atoms with Crippen LogP contribution in [0.2, 0.25) is 0 Å². The molecule has 0 aliphatic rings. The molecule has 0 heterocycles. The van der Waals surface area contributed by atoms with E-state index in [1.54, 1.807) is 30.3 Å². The number of sulfone groups is 1. The van der Waals surface area contributed by atoms with Crippen LogP contribution in [0.15, 0.2) is 83.8 Å². The molecule has 0 fully saturated rings. The minimum atomic E-state index is -3.60. The number of para-hydroxylation sites is 2. The summed E-state index contributed by atoms with van der Waals surface area (Å²) in [6.07, 6.45) is 1.07. The molecule has 0 aromatic heterocycles. The van der Waals surface area contributed by atoms with Crippen LogP contribution in [-0.2, 0) is 16.4 Å². The first-order valence-corrected chi connectivity index (χ1v) is 10.1. The Bertz CT molecular complexity index is 1030. The largest absolute Gasteiger partial charge is 0.487 e. The molecule has 0 spiro atoms. The summed E-state index contributed by atoms with van der Waals surface area (Å²) in [5, 5.41) is 0. The van der Waals surface area contributed by atoms with Crippen molar-refractivity contribution in [2.24, 2.45) is 0 Å². The van der Waals surface area contributed by atoms with Gasteiger partial charge in [-0.25, -0.2) is 13.2 Å². The van der Waals surface area contributed by atoms with E-state index in [-0.39, 0.29) is 22.8 Å². The quantitative estimate of drug-likeness (QED) is 0.478. The Morgan fingerprint density at radius 3 is 2.11 bits per heavy atom. The molecule has 3 aromatic carbocycles. The smallest absolute Gasteiger partial charge is 0.347 e. The topological polar surface area (TPSA) is 69.7 Å². The molecule has 0 unspecified atom stereocenters. The van der Waals surface area contributed by atoms with Crippen molar-refractivity contribution in [2.75, 3.05) is 6.26 Å². The van der Waals surface area contributed by atoms with Gasteiger partial charge in [0.05, 0.1) is 0 Å². The molecule has 0 aliphatic heterocycles. The summed E-state index contributed by atoms with van der Waals surface area (Å²) in [6, 6.07) is 22.2. The van der Waals surface area contributed by atoms with Crippen molar-refractivity contribution in [1.82, 2.24) is 0 Å². The third-order valence-corrected chi connectivity index (χ3v) is 4.90. The van der Waals surface area contributed by atoms with Gasteiger partial charge in [-0.3, -0.25) is 0 Å². The van der Waals surface area contributed by atoms with Gasteiger partial charge in [-0.1, -0.05) is 54.6 Å². The molecule has 3 rings (SSSR count). The summed E-state index contributed by atoms with van der Waals surface area (Å²) in [7, 11) is -3.60. The summed E-state index contributed by atoms with van der Waals surface area (Å²) in [5.41, 5.74) is 0.904. The summed E-state index contributed by atoms with van der Waals surface area (Å²) < 4.78 is 35.4. The van der Waals surface area contributed by atoms with Gasteiger partial charge in [0.15, 0.2) is 15.6 Å². The molecule has 0 bridgehead atoms. The second-order valence-corrected chi connectivity index (χ2v) is 7.87. The van der Waals surface area contributed by atoms with E-state index < -0.39 is 15.8 Å². The van der Waals surface area contributed by atoms with Crippen LogP contribution in [0.4, 0.5) is 0 Å². The molecule has 0 N–H and O–H groups in total. The number of esters is 1. The zero-order chi connectivity index (χ0) is 19.3. The first-order valence-electron chi connectivity index (χ1n) is 8.22. The van der Waals surface area contributed by atoms with Crippen molar-refractivity contribution in [3.8, 4) is 11.5 Å². The zero-order valence-corrected chi connectivity index (χ0v) is 15.5. The van der Waals surface area contributed by atoms with E-state index in [0.29, 0.717) is 5.75 Å². The average molecular weight is 382 g/mol. The standard InChI is InChI=1S/C21H18O5S/c1-27(23,24)19-14-8-13-18(21(22)26-17-11-6-3-7-12-17)20(19)25-15-16-9-4-2-5-10-16/h2-14H,15H2,1H3. The molecule has 0 amide bonds. The van der Waals surface area contributed by atoms with E-state index in [1.165, 1.54) is 18.2 Å². The molecular weight excluding hydrogens is 364 g/mol. The van der Waals surface area contributed by atoms with Crippen molar-refractivity contribution >= 4 is 15.8 Å². The van der Waals surface area contributed by atoms with Gasteiger partial charge >= 0.3 is 5.97 Å². The Balaban J connectivity index is 1.96. The predicted molar refractivity (Wildman–Crippen MR) is 102 cm³/mol. The van der Waals surface area contributed by atoms with Crippen LogP contribution >= 0.6 is 0 Å². The van der Waals surface area contributed by atoms with Crippen LogP contribution in [0.1, 0.15) is 15.9 Å². The van der Waals surface area contributed by atoms with Gasteiger partial charge in [0.2, 0.25) is 0 Å². The Kier molecular flexibility index (Phi) is 5.57. The average Bonchev–Trinajstić information content (AvgIpc) is 2.67. The number of hydrogen-bond donors (Lipinski definition) is 0. The highest BCUT2D eigenvalue weighted by molar-refractivity contribution is 7.90. The molecule has 5 nitrogen and oxygen atoms in total. The fourth-order valence-corrected chi connectivity index (χ4v) is 3.33. The SMILES string of the molecule is CS(=O)(=O)c1cccc(C(=O)Oc2ccccc2)c1OCc1ccccc1. The summed E-state index contributed by atoms with van der Waals surface area (Å²) >= 11 is 0. The second-order valence-electron chi connectivity index (χ2n) is 5.88. The van der Waals surface area contributed by atoms with Crippen LogP contribution in [0.25, 0.3) is 0 Å². The fourth-order valence-electron chi connectivity index (χ4n) is 2.50. The normalized spacial score (nSPS) is 11.0. The van der Waals surface area contributed by atoms with E-state index in [0.717, 1.165) is 11.8 Å². The molecule has 0 saturated carbocycles. The third kappa shape index (κ3) is 4.74. The number of benzene rings is 3. The molecule has 0 aliphatic carbocycles. The predicted octanol–water partition coefficient (Wildman–Crippen LogP) is 3.89. The van der Waals surface area contributed by atoms with Gasteiger partial charge in [0.25, 0.3) is 0 Å². The molecular formula is C21H18O5S. The van der Waals surface area contributed by atoms with Crippen molar-refractivity contribution in [3.63, 3.8) is 0 Å². The lowest BCUT2D eigenvalue weighted by molar-refractivity contribution is 0.0729. The van der Waals surface area contributed by atoms with Crippen LogP contribution in [0.3, 0.4) is 0 Å². The van der Waals surface area contributed by atoms with E-state index in [2.05, 4.69) is 0 Å². The number of rotatable bonds is 6. The van der Waals surface area contributed by atoms with Crippen LogP contribution in [0, 0.1) is 0 Å². The van der Waals surface area contributed by atoms with E-state index in [1.807, 2.05) is 30.3 Å². The Labute approximate surface area is 158 Å². The van der Waals surface area contributed by atoms with Crippen molar-refractivity contribution in [2.45, 2.75) is 11.5 Å². The molecule has 138 valence electrons. The Morgan fingerprint density at radius 1 is 0.852 bits per heavy atom. The van der Waals surface area contributed by atoms with E-state index in [4.69, 9.17) is 9.47 Å². The van der Waals surface area contributed by atoms with Gasteiger partial charge in [-0.05, 0) is 29.8 Å².